The maximum Gasteiger partial charge on any atom is 0.220 e. The van der Waals surface area contributed by atoms with Crippen molar-refractivity contribution < 1.29 is 15.0 Å². The molecule has 0 saturated heterocycles. The zero-order chi connectivity index (χ0) is 50.6. The van der Waals surface area contributed by atoms with E-state index in [-0.39, 0.29) is 12.5 Å². The summed E-state index contributed by atoms with van der Waals surface area (Å²) in [6, 6.07) is -0.532. The lowest BCUT2D eigenvalue weighted by Gasteiger charge is -2.22. The van der Waals surface area contributed by atoms with Gasteiger partial charge in [-0.05, 0) is 12.8 Å². The molecule has 420 valence electrons. The van der Waals surface area contributed by atoms with Crippen LogP contribution in [0.1, 0.15) is 399 Å². The standard InChI is InChI=1S/C66H133NO3/c1-3-5-7-9-11-13-15-17-19-21-23-25-27-29-31-32-33-34-35-36-37-39-41-43-45-47-49-51-53-55-57-59-61-65(69)64(63-68)67-66(70)62-60-58-56-54-52-50-48-46-44-42-40-38-30-28-26-24-22-20-18-16-14-12-10-8-6-4-2/h64-65,68-69H,3-63H2,1-2H3,(H,67,70). The van der Waals surface area contributed by atoms with Gasteiger partial charge < -0.3 is 15.5 Å². The fraction of sp³-hybridized carbons (Fsp3) is 0.985. The second kappa shape index (κ2) is 62.7. The number of amides is 1. The van der Waals surface area contributed by atoms with Crippen molar-refractivity contribution in [3.05, 3.63) is 0 Å². The molecule has 0 aliphatic rings. The van der Waals surface area contributed by atoms with E-state index in [2.05, 4.69) is 19.2 Å². The highest BCUT2D eigenvalue weighted by atomic mass is 16.3. The number of aliphatic hydroxyl groups excluding tert-OH is 2. The van der Waals surface area contributed by atoms with E-state index in [1.54, 1.807) is 0 Å². The number of carbonyl (C=O) groups excluding carboxylic acids is 1. The summed E-state index contributed by atoms with van der Waals surface area (Å²) in [6.45, 7) is 4.42. The lowest BCUT2D eigenvalue weighted by molar-refractivity contribution is -0.123. The van der Waals surface area contributed by atoms with E-state index in [0.717, 1.165) is 25.7 Å². The Morgan fingerprint density at radius 1 is 0.286 bits per heavy atom. The van der Waals surface area contributed by atoms with Crippen molar-refractivity contribution in [2.45, 2.75) is 411 Å². The SMILES string of the molecule is CCCCCCCCCCCCCCCCCCCCCCCCCCCCCCCCCCC(O)C(CO)NC(=O)CCCCCCCCCCCCCCCCCCCCCCCCCCCC. The van der Waals surface area contributed by atoms with Crippen LogP contribution in [0, 0.1) is 0 Å². The average molecular weight is 989 g/mol. The number of hydrogen-bond acceptors (Lipinski definition) is 3. The van der Waals surface area contributed by atoms with Crippen LogP contribution in [0.5, 0.6) is 0 Å². The fourth-order valence-electron chi connectivity index (χ4n) is 11.1. The van der Waals surface area contributed by atoms with Gasteiger partial charge in [-0.15, -0.1) is 0 Å². The smallest absolute Gasteiger partial charge is 0.220 e. The van der Waals surface area contributed by atoms with Crippen LogP contribution in [0.2, 0.25) is 0 Å². The maximum atomic E-state index is 12.5. The summed E-state index contributed by atoms with van der Waals surface area (Å²) < 4.78 is 0. The lowest BCUT2D eigenvalue weighted by atomic mass is 10.0. The highest BCUT2D eigenvalue weighted by Crippen LogP contribution is 2.20. The van der Waals surface area contributed by atoms with Gasteiger partial charge in [-0.1, -0.05) is 380 Å². The highest BCUT2D eigenvalue weighted by molar-refractivity contribution is 5.76. The van der Waals surface area contributed by atoms with Crippen molar-refractivity contribution in [1.29, 1.82) is 0 Å². The molecule has 4 nitrogen and oxygen atoms in total. The monoisotopic (exact) mass is 988 g/mol. The summed E-state index contributed by atoms with van der Waals surface area (Å²) in [5, 5.41) is 23.4. The van der Waals surface area contributed by atoms with Crippen LogP contribution in [0.15, 0.2) is 0 Å². The van der Waals surface area contributed by atoms with Crippen molar-refractivity contribution in [3.63, 3.8) is 0 Å². The molecule has 0 fully saturated rings. The molecule has 0 saturated carbocycles. The van der Waals surface area contributed by atoms with Crippen molar-refractivity contribution in [1.82, 2.24) is 5.32 Å². The van der Waals surface area contributed by atoms with E-state index >= 15 is 0 Å². The molecule has 0 spiro atoms. The molecule has 0 rings (SSSR count). The molecule has 0 aliphatic heterocycles. The third kappa shape index (κ3) is 58.3. The van der Waals surface area contributed by atoms with Gasteiger partial charge >= 0.3 is 0 Å². The highest BCUT2D eigenvalue weighted by Gasteiger charge is 2.20. The maximum absolute atomic E-state index is 12.5. The Morgan fingerprint density at radius 2 is 0.457 bits per heavy atom. The largest absolute Gasteiger partial charge is 0.394 e. The Balaban J connectivity index is 3.36. The molecule has 1 amide bonds. The minimum absolute atomic E-state index is 0.0199. The summed E-state index contributed by atoms with van der Waals surface area (Å²) in [6.07, 6.45) is 81.5. The van der Waals surface area contributed by atoms with Crippen LogP contribution < -0.4 is 5.32 Å². The number of carbonyl (C=O) groups is 1. The summed E-state index contributed by atoms with van der Waals surface area (Å²) in [4.78, 5) is 12.5. The quantitative estimate of drug-likeness (QED) is 0.0532. The molecule has 0 heterocycles. The third-order valence-electron chi connectivity index (χ3n) is 16.1. The van der Waals surface area contributed by atoms with Crippen LogP contribution in [0.3, 0.4) is 0 Å². The van der Waals surface area contributed by atoms with Crippen molar-refractivity contribution in [2.24, 2.45) is 0 Å². The number of unbranched alkanes of at least 4 members (excludes halogenated alkanes) is 56. The Labute approximate surface area is 442 Å². The minimum atomic E-state index is -0.656. The molecule has 2 unspecified atom stereocenters. The van der Waals surface area contributed by atoms with E-state index in [1.807, 2.05) is 0 Å². The molecular weight excluding hydrogens is 855 g/mol. The second-order valence-electron chi connectivity index (χ2n) is 23.3. The Morgan fingerprint density at radius 3 is 0.643 bits per heavy atom. The van der Waals surface area contributed by atoms with Gasteiger partial charge in [-0.25, -0.2) is 0 Å². The van der Waals surface area contributed by atoms with E-state index in [0.29, 0.717) is 12.8 Å². The predicted molar refractivity (Wildman–Crippen MR) is 313 cm³/mol. The van der Waals surface area contributed by atoms with E-state index in [4.69, 9.17) is 0 Å². The first-order valence-electron chi connectivity index (χ1n) is 33.2. The van der Waals surface area contributed by atoms with Crippen LogP contribution in [0.25, 0.3) is 0 Å². The first-order chi connectivity index (χ1) is 34.7. The van der Waals surface area contributed by atoms with Crippen molar-refractivity contribution in [3.8, 4) is 0 Å². The molecule has 2 atom stereocenters. The molecule has 4 heteroatoms. The van der Waals surface area contributed by atoms with Gasteiger partial charge in [0.1, 0.15) is 0 Å². The lowest BCUT2D eigenvalue weighted by Crippen LogP contribution is -2.45. The van der Waals surface area contributed by atoms with Gasteiger partial charge in [-0.2, -0.15) is 0 Å². The van der Waals surface area contributed by atoms with Crippen LogP contribution >= 0.6 is 0 Å². The Hall–Kier alpha value is -0.610. The third-order valence-corrected chi connectivity index (χ3v) is 16.1. The molecule has 0 aromatic heterocycles. The van der Waals surface area contributed by atoms with Crippen molar-refractivity contribution >= 4 is 5.91 Å². The van der Waals surface area contributed by atoms with E-state index in [9.17, 15) is 15.0 Å². The van der Waals surface area contributed by atoms with E-state index in [1.165, 1.54) is 347 Å². The summed E-state index contributed by atoms with van der Waals surface area (Å²) in [5.41, 5.74) is 0. The van der Waals surface area contributed by atoms with Crippen LogP contribution in [0.4, 0.5) is 0 Å². The van der Waals surface area contributed by atoms with Crippen LogP contribution in [-0.2, 0) is 4.79 Å². The second-order valence-corrected chi connectivity index (χ2v) is 23.3. The zero-order valence-corrected chi connectivity index (χ0v) is 48.6. The topological polar surface area (TPSA) is 69.6 Å². The van der Waals surface area contributed by atoms with Gasteiger partial charge in [0.15, 0.2) is 0 Å². The molecule has 0 aromatic rings. The molecule has 3 N–H and O–H groups in total. The average Bonchev–Trinajstić information content (AvgIpc) is 3.36. The van der Waals surface area contributed by atoms with Gasteiger partial charge in [0.25, 0.3) is 0 Å². The predicted octanol–water partition coefficient (Wildman–Crippen LogP) is 22.3. The number of hydrogen-bond donors (Lipinski definition) is 3. The normalized spacial score (nSPS) is 12.6. The first-order valence-corrected chi connectivity index (χ1v) is 33.2. The molecule has 0 aliphatic carbocycles. The zero-order valence-electron chi connectivity index (χ0n) is 48.6. The van der Waals surface area contributed by atoms with Gasteiger partial charge in [0, 0.05) is 6.42 Å². The van der Waals surface area contributed by atoms with Crippen molar-refractivity contribution in [2.75, 3.05) is 6.61 Å². The summed E-state index contributed by atoms with van der Waals surface area (Å²) in [5.74, 6) is -0.0199. The number of nitrogens with one attached hydrogen (secondary N) is 1. The first kappa shape index (κ1) is 69.4. The molecule has 0 radical (unpaired) electrons. The van der Waals surface area contributed by atoms with Gasteiger partial charge in [0.05, 0.1) is 18.8 Å². The molecular formula is C66H133NO3. The number of aliphatic hydroxyl groups is 2. The van der Waals surface area contributed by atoms with E-state index < -0.39 is 12.1 Å². The van der Waals surface area contributed by atoms with Gasteiger partial charge in [0.2, 0.25) is 5.91 Å². The molecule has 70 heavy (non-hydrogen) atoms. The summed E-state index contributed by atoms with van der Waals surface area (Å²) in [7, 11) is 0. The molecule has 0 aromatic carbocycles. The Kier molecular flexibility index (Phi) is 62.1. The van der Waals surface area contributed by atoms with Crippen LogP contribution in [-0.4, -0.2) is 34.9 Å². The molecule has 0 bridgehead atoms. The Bertz CT molecular complexity index is 940. The van der Waals surface area contributed by atoms with Gasteiger partial charge in [-0.3, -0.25) is 4.79 Å². The fourth-order valence-corrected chi connectivity index (χ4v) is 11.1. The number of rotatable bonds is 63. The summed E-state index contributed by atoms with van der Waals surface area (Å²) >= 11 is 0. The minimum Gasteiger partial charge on any atom is -0.394 e.